The summed E-state index contributed by atoms with van der Waals surface area (Å²) < 4.78 is 7.35. The molecule has 1 unspecified atom stereocenters. The van der Waals surface area contributed by atoms with Crippen LogP contribution in [0.15, 0.2) is 45.5 Å². The average Bonchev–Trinajstić information content (AvgIpc) is 2.47. The Kier molecular flexibility index (Phi) is 5.57. The molecule has 1 N–H and O–H groups in total. The molecular formula is C15H16Br2N2O. The first kappa shape index (κ1) is 15.5. The fourth-order valence-electron chi connectivity index (χ4n) is 2.00. The molecule has 0 bridgehead atoms. The van der Waals surface area contributed by atoms with Gasteiger partial charge in [0.2, 0.25) is 0 Å². The number of likely N-dealkylation sites (N-methyl/N-ethyl adjacent to an activating group) is 1. The van der Waals surface area contributed by atoms with Crippen LogP contribution >= 0.6 is 31.9 Å². The molecule has 0 spiro atoms. The van der Waals surface area contributed by atoms with Crippen molar-refractivity contribution in [3.05, 3.63) is 56.7 Å². The van der Waals surface area contributed by atoms with E-state index >= 15 is 0 Å². The van der Waals surface area contributed by atoms with E-state index in [0.29, 0.717) is 0 Å². The highest BCUT2D eigenvalue weighted by atomic mass is 79.9. The summed E-state index contributed by atoms with van der Waals surface area (Å²) in [6.07, 6.45) is 2.66. The number of ether oxygens (including phenoxy) is 1. The number of benzene rings is 1. The smallest absolute Gasteiger partial charge is 0.119 e. The Morgan fingerprint density at radius 2 is 2.05 bits per heavy atom. The largest absolute Gasteiger partial charge is 0.497 e. The Bertz CT molecular complexity index is 573. The maximum absolute atomic E-state index is 5.28. The number of methoxy groups -OCH3 is 1. The SMILES string of the molecule is CNC(Cc1cc(OC)ccc1Br)c1ccc(Br)cn1. The molecule has 2 rings (SSSR count). The lowest BCUT2D eigenvalue weighted by Gasteiger charge is -2.17. The van der Waals surface area contributed by atoms with Crippen molar-refractivity contribution >= 4 is 31.9 Å². The lowest BCUT2D eigenvalue weighted by molar-refractivity contribution is 0.413. The van der Waals surface area contributed by atoms with Crippen molar-refractivity contribution in [2.45, 2.75) is 12.5 Å². The van der Waals surface area contributed by atoms with Gasteiger partial charge in [0.15, 0.2) is 0 Å². The summed E-state index contributed by atoms with van der Waals surface area (Å²) in [5, 5.41) is 3.31. The molecule has 1 heterocycles. The van der Waals surface area contributed by atoms with Crippen LogP contribution in [0, 0.1) is 0 Å². The Balaban J connectivity index is 2.23. The van der Waals surface area contributed by atoms with E-state index in [1.54, 1.807) is 7.11 Å². The lowest BCUT2D eigenvalue weighted by Crippen LogP contribution is -2.20. The van der Waals surface area contributed by atoms with Crippen LogP contribution in [0.5, 0.6) is 5.75 Å². The summed E-state index contributed by atoms with van der Waals surface area (Å²) in [4.78, 5) is 4.46. The van der Waals surface area contributed by atoms with E-state index in [1.807, 2.05) is 43.6 Å². The maximum atomic E-state index is 5.28. The zero-order chi connectivity index (χ0) is 14.5. The normalized spacial score (nSPS) is 12.2. The molecule has 0 aliphatic carbocycles. The molecule has 0 saturated heterocycles. The van der Waals surface area contributed by atoms with Gasteiger partial charge in [0.1, 0.15) is 5.75 Å². The van der Waals surface area contributed by atoms with Crippen LogP contribution in [0.25, 0.3) is 0 Å². The summed E-state index contributed by atoms with van der Waals surface area (Å²) in [5.41, 5.74) is 2.21. The van der Waals surface area contributed by atoms with Crippen LogP contribution in [0.2, 0.25) is 0 Å². The van der Waals surface area contributed by atoms with Gasteiger partial charge in [-0.05, 0) is 65.3 Å². The Labute approximate surface area is 136 Å². The fraction of sp³-hybridized carbons (Fsp3) is 0.267. The molecule has 20 heavy (non-hydrogen) atoms. The average molecular weight is 400 g/mol. The number of nitrogens with zero attached hydrogens (tertiary/aromatic N) is 1. The standard InChI is InChI=1S/C15H16Br2N2O/c1-18-15(14-6-3-11(16)9-19-14)8-10-7-12(20-2)4-5-13(10)17/h3-7,9,15,18H,8H2,1-2H3. The third-order valence-corrected chi connectivity index (χ3v) is 4.38. The number of nitrogens with one attached hydrogen (secondary N) is 1. The van der Waals surface area contributed by atoms with Crippen molar-refractivity contribution in [2.24, 2.45) is 0 Å². The van der Waals surface area contributed by atoms with Crippen molar-refractivity contribution in [1.29, 1.82) is 0 Å². The highest BCUT2D eigenvalue weighted by molar-refractivity contribution is 9.10. The number of pyridine rings is 1. The summed E-state index contributed by atoms with van der Waals surface area (Å²) in [7, 11) is 3.63. The van der Waals surface area contributed by atoms with Crippen molar-refractivity contribution in [1.82, 2.24) is 10.3 Å². The fourth-order valence-corrected chi connectivity index (χ4v) is 2.65. The van der Waals surface area contributed by atoms with Crippen LogP contribution in [0.1, 0.15) is 17.3 Å². The van der Waals surface area contributed by atoms with E-state index in [1.165, 1.54) is 5.56 Å². The van der Waals surface area contributed by atoms with Crippen LogP contribution in [-0.4, -0.2) is 19.1 Å². The number of hydrogen-bond donors (Lipinski definition) is 1. The van der Waals surface area contributed by atoms with E-state index in [9.17, 15) is 0 Å². The van der Waals surface area contributed by atoms with Gasteiger partial charge >= 0.3 is 0 Å². The van der Waals surface area contributed by atoms with Crippen LogP contribution in [0.3, 0.4) is 0 Å². The minimum Gasteiger partial charge on any atom is -0.497 e. The number of rotatable bonds is 5. The highest BCUT2D eigenvalue weighted by Crippen LogP contribution is 2.27. The van der Waals surface area contributed by atoms with Gasteiger partial charge in [0.05, 0.1) is 18.8 Å². The molecule has 5 heteroatoms. The minimum atomic E-state index is 0.159. The first-order chi connectivity index (χ1) is 9.63. The van der Waals surface area contributed by atoms with E-state index in [-0.39, 0.29) is 6.04 Å². The van der Waals surface area contributed by atoms with Gasteiger partial charge in [-0.25, -0.2) is 0 Å². The Morgan fingerprint density at radius 3 is 2.65 bits per heavy atom. The van der Waals surface area contributed by atoms with E-state index in [2.05, 4.69) is 42.2 Å². The Hall–Kier alpha value is -0.910. The number of hydrogen-bond acceptors (Lipinski definition) is 3. The number of aromatic nitrogens is 1. The van der Waals surface area contributed by atoms with Crippen molar-refractivity contribution in [3.63, 3.8) is 0 Å². The van der Waals surface area contributed by atoms with E-state index in [0.717, 1.165) is 26.8 Å². The van der Waals surface area contributed by atoms with Crippen LogP contribution in [-0.2, 0) is 6.42 Å². The molecule has 1 atom stereocenters. The zero-order valence-electron chi connectivity index (χ0n) is 11.4. The van der Waals surface area contributed by atoms with Gasteiger partial charge in [-0.1, -0.05) is 15.9 Å². The van der Waals surface area contributed by atoms with Gasteiger partial charge in [0, 0.05) is 15.1 Å². The topological polar surface area (TPSA) is 34.1 Å². The van der Waals surface area contributed by atoms with E-state index < -0.39 is 0 Å². The van der Waals surface area contributed by atoms with Gasteiger partial charge in [-0.2, -0.15) is 0 Å². The zero-order valence-corrected chi connectivity index (χ0v) is 14.5. The van der Waals surface area contributed by atoms with Crippen molar-refractivity contribution < 1.29 is 4.74 Å². The second kappa shape index (κ2) is 7.20. The molecule has 106 valence electrons. The lowest BCUT2D eigenvalue weighted by atomic mass is 10.0. The molecule has 1 aromatic heterocycles. The van der Waals surface area contributed by atoms with Gasteiger partial charge in [0.25, 0.3) is 0 Å². The maximum Gasteiger partial charge on any atom is 0.119 e. The molecular weight excluding hydrogens is 384 g/mol. The summed E-state index contributed by atoms with van der Waals surface area (Å²) >= 11 is 7.00. The second-order valence-electron chi connectivity index (χ2n) is 4.40. The molecule has 0 fully saturated rings. The highest BCUT2D eigenvalue weighted by Gasteiger charge is 2.14. The predicted molar refractivity (Wildman–Crippen MR) is 88.1 cm³/mol. The third-order valence-electron chi connectivity index (χ3n) is 3.13. The molecule has 0 aliphatic rings. The quantitative estimate of drug-likeness (QED) is 0.821. The number of halogens is 2. The first-order valence-corrected chi connectivity index (χ1v) is 7.83. The van der Waals surface area contributed by atoms with Crippen molar-refractivity contribution in [3.8, 4) is 5.75 Å². The molecule has 1 aromatic carbocycles. The summed E-state index contributed by atoms with van der Waals surface area (Å²) in [6.45, 7) is 0. The Morgan fingerprint density at radius 1 is 1.25 bits per heavy atom. The van der Waals surface area contributed by atoms with Gasteiger partial charge in [-0.3, -0.25) is 4.98 Å². The molecule has 0 radical (unpaired) electrons. The molecule has 0 amide bonds. The predicted octanol–water partition coefficient (Wildman–Crippen LogP) is 4.12. The van der Waals surface area contributed by atoms with Gasteiger partial charge in [-0.15, -0.1) is 0 Å². The molecule has 2 aromatic rings. The second-order valence-corrected chi connectivity index (χ2v) is 6.17. The minimum absolute atomic E-state index is 0.159. The van der Waals surface area contributed by atoms with Crippen LogP contribution in [0.4, 0.5) is 0 Å². The molecule has 0 aliphatic heterocycles. The molecule has 0 saturated carbocycles. The van der Waals surface area contributed by atoms with Gasteiger partial charge < -0.3 is 10.1 Å². The first-order valence-electron chi connectivity index (χ1n) is 6.25. The summed E-state index contributed by atoms with van der Waals surface area (Å²) in [6, 6.07) is 10.2. The monoisotopic (exact) mass is 398 g/mol. The molecule has 3 nitrogen and oxygen atoms in total. The summed E-state index contributed by atoms with van der Waals surface area (Å²) in [5.74, 6) is 0.863. The third kappa shape index (κ3) is 3.81. The van der Waals surface area contributed by atoms with Crippen molar-refractivity contribution in [2.75, 3.05) is 14.2 Å². The van der Waals surface area contributed by atoms with Crippen LogP contribution < -0.4 is 10.1 Å². The van der Waals surface area contributed by atoms with E-state index in [4.69, 9.17) is 4.74 Å².